The Labute approximate surface area is 93.0 Å². The fourth-order valence-electron chi connectivity index (χ4n) is 1.12. The van der Waals surface area contributed by atoms with Crippen molar-refractivity contribution in [3.8, 4) is 0 Å². The monoisotopic (exact) mass is 231 g/mol. The van der Waals surface area contributed by atoms with Crippen LogP contribution in [0.5, 0.6) is 0 Å². The third-order valence-corrected chi connectivity index (χ3v) is 1.84. The minimum Gasteiger partial charge on any atom is -0.383 e. The fourth-order valence-corrected chi connectivity index (χ4v) is 1.12. The molecule has 1 rings (SSSR count). The second kappa shape index (κ2) is 6.95. The molecule has 6 heteroatoms. The summed E-state index contributed by atoms with van der Waals surface area (Å²) in [6.07, 6.45) is -0.745. The molecule has 0 aliphatic carbocycles. The maximum absolute atomic E-state index is 11.7. The van der Waals surface area contributed by atoms with Crippen molar-refractivity contribution in [3.05, 3.63) is 18.3 Å². The van der Waals surface area contributed by atoms with E-state index in [4.69, 9.17) is 4.74 Å². The van der Waals surface area contributed by atoms with Gasteiger partial charge in [-0.15, -0.1) is 0 Å². The number of hydrogen-bond acceptors (Lipinski definition) is 4. The van der Waals surface area contributed by atoms with E-state index in [-0.39, 0.29) is 6.61 Å². The van der Waals surface area contributed by atoms with Gasteiger partial charge in [-0.1, -0.05) is 0 Å². The number of nitrogens with zero attached hydrogens (tertiary/aromatic N) is 1. The zero-order chi connectivity index (χ0) is 11.8. The van der Waals surface area contributed by atoms with Gasteiger partial charge in [-0.25, -0.2) is 13.8 Å². The summed E-state index contributed by atoms with van der Waals surface area (Å²) in [5.74, 6) is 0.749. The van der Waals surface area contributed by atoms with Gasteiger partial charge in [-0.05, 0) is 6.07 Å². The minimum atomic E-state index is -2.41. The van der Waals surface area contributed by atoms with Crippen LogP contribution in [0.1, 0.15) is 0 Å². The smallest absolute Gasteiger partial charge is 0.261 e. The third-order valence-electron chi connectivity index (χ3n) is 1.84. The lowest BCUT2D eigenvalue weighted by molar-refractivity contribution is 0.0215. The topological polar surface area (TPSA) is 46.2 Å². The van der Waals surface area contributed by atoms with Crippen LogP contribution in [0.25, 0.3) is 0 Å². The molecule has 0 saturated carbocycles. The zero-order valence-electron chi connectivity index (χ0n) is 9.04. The molecular formula is C10H15F2N3O. The van der Waals surface area contributed by atoms with Crippen LogP contribution in [-0.4, -0.2) is 38.2 Å². The number of pyridine rings is 1. The first-order valence-electron chi connectivity index (χ1n) is 4.96. The molecule has 90 valence electrons. The number of halogens is 2. The van der Waals surface area contributed by atoms with E-state index in [1.807, 2.05) is 6.07 Å². The maximum Gasteiger partial charge on any atom is 0.261 e. The van der Waals surface area contributed by atoms with Gasteiger partial charge in [-0.3, -0.25) is 0 Å². The molecular weight excluding hydrogens is 216 g/mol. The van der Waals surface area contributed by atoms with Gasteiger partial charge in [0.1, 0.15) is 12.4 Å². The molecule has 16 heavy (non-hydrogen) atoms. The summed E-state index contributed by atoms with van der Waals surface area (Å²) in [6, 6.07) is 3.63. The van der Waals surface area contributed by atoms with E-state index in [0.717, 1.165) is 11.5 Å². The summed E-state index contributed by atoms with van der Waals surface area (Å²) in [5.41, 5.74) is 0.875. The Morgan fingerprint density at radius 2 is 2.31 bits per heavy atom. The molecule has 0 aromatic carbocycles. The molecule has 1 aromatic rings. The first-order chi connectivity index (χ1) is 7.72. The number of hydrogen-bond donors (Lipinski definition) is 2. The molecule has 1 heterocycles. The van der Waals surface area contributed by atoms with E-state index in [2.05, 4.69) is 15.6 Å². The van der Waals surface area contributed by atoms with E-state index in [9.17, 15) is 8.78 Å². The van der Waals surface area contributed by atoms with Gasteiger partial charge >= 0.3 is 0 Å². The van der Waals surface area contributed by atoms with Crippen molar-refractivity contribution in [3.63, 3.8) is 0 Å². The summed E-state index contributed by atoms with van der Waals surface area (Å²) < 4.78 is 28.2. The highest BCUT2D eigenvalue weighted by Crippen LogP contribution is 2.10. The van der Waals surface area contributed by atoms with Crippen molar-refractivity contribution in [2.45, 2.75) is 6.43 Å². The lowest BCUT2D eigenvalue weighted by atomic mass is 10.4. The summed E-state index contributed by atoms with van der Waals surface area (Å²) in [7, 11) is 1.78. The quantitative estimate of drug-likeness (QED) is 0.703. The summed E-state index contributed by atoms with van der Waals surface area (Å²) in [6.45, 7) is 0.223. The Bertz CT molecular complexity index is 310. The highest BCUT2D eigenvalue weighted by molar-refractivity contribution is 5.51. The second-order valence-electron chi connectivity index (χ2n) is 3.07. The van der Waals surface area contributed by atoms with Gasteiger partial charge < -0.3 is 15.4 Å². The Hall–Kier alpha value is -1.43. The van der Waals surface area contributed by atoms with Crippen molar-refractivity contribution in [2.75, 3.05) is 37.4 Å². The number of aromatic nitrogens is 1. The summed E-state index contributed by atoms with van der Waals surface area (Å²) >= 11 is 0. The standard InChI is InChI=1S/C10H15F2N3O/c1-13-10-6-8(2-3-15-10)14-4-5-16-7-9(11)12/h2-3,6,9H,4-5,7H2,1H3,(H2,13,14,15). The lowest BCUT2D eigenvalue weighted by Crippen LogP contribution is -2.13. The number of anilines is 2. The van der Waals surface area contributed by atoms with Crippen molar-refractivity contribution < 1.29 is 13.5 Å². The van der Waals surface area contributed by atoms with Gasteiger partial charge in [-0.2, -0.15) is 0 Å². The summed E-state index contributed by atoms with van der Waals surface area (Å²) in [5, 5.41) is 5.95. The molecule has 4 nitrogen and oxygen atoms in total. The zero-order valence-corrected chi connectivity index (χ0v) is 9.04. The van der Waals surface area contributed by atoms with Gasteiger partial charge in [0.2, 0.25) is 0 Å². The van der Waals surface area contributed by atoms with Gasteiger partial charge in [0.25, 0.3) is 6.43 Å². The van der Waals surface area contributed by atoms with Crippen molar-refractivity contribution in [2.24, 2.45) is 0 Å². The maximum atomic E-state index is 11.7. The van der Waals surface area contributed by atoms with Crippen LogP contribution in [0.3, 0.4) is 0 Å². The molecule has 0 fully saturated rings. The molecule has 0 amide bonds. The largest absolute Gasteiger partial charge is 0.383 e. The molecule has 0 spiro atoms. The van der Waals surface area contributed by atoms with Crippen molar-refractivity contribution in [1.82, 2.24) is 4.98 Å². The van der Waals surface area contributed by atoms with E-state index in [0.29, 0.717) is 6.54 Å². The number of rotatable bonds is 7. The highest BCUT2D eigenvalue weighted by Gasteiger charge is 2.01. The van der Waals surface area contributed by atoms with Crippen LogP contribution in [0.15, 0.2) is 18.3 Å². The average Bonchev–Trinajstić information content (AvgIpc) is 2.28. The third kappa shape index (κ3) is 4.88. The Kier molecular flexibility index (Phi) is 5.49. The first kappa shape index (κ1) is 12.6. The number of ether oxygens (including phenoxy) is 1. The van der Waals surface area contributed by atoms with E-state index >= 15 is 0 Å². The molecule has 0 radical (unpaired) electrons. The van der Waals surface area contributed by atoms with E-state index in [1.54, 1.807) is 19.3 Å². The molecule has 0 unspecified atom stereocenters. The molecule has 0 aliphatic heterocycles. The Balaban J connectivity index is 2.21. The molecule has 0 saturated heterocycles. The number of alkyl halides is 2. The SMILES string of the molecule is CNc1cc(NCCOCC(F)F)ccn1. The van der Waals surface area contributed by atoms with Gasteiger partial charge in [0, 0.05) is 31.5 Å². The minimum absolute atomic E-state index is 0.252. The molecule has 0 bridgehead atoms. The van der Waals surface area contributed by atoms with Gasteiger partial charge in [0.15, 0.2) is 0 Å². The Morgan fingerprint density at radius 3 is 3.00 bits per heavy atom. The summed E-state index contributed by atoms with van der Waals surface area (Å²) in [4.78, 5) is 4.04. The number of nitrogens with one attached hydrogen (secondary N) is 2. The average molecular weight is 231 g/mol. The van der Waals surface area contributed by atoms with E-state index < -0.39 is 13.0 Å². The van der Waals surface area contributed by atoms with Crippen molar-refractivity contribution >= 4 is 11.5 Å². The van der Waals surface area contributed by atoms with Gasteiger partial charge in [0.05, 0.1) is 6.61 Å². The van der Waals surface area contributed by atoms with Crippen LogP contribution < -0.4 is 10.6 Å². The normalized spacial score (nSPS) is 10.5. The van der Waals surface area contributed by atoms with Crippen LogP contribution in [0.4, 0.5) is 20.3 Å². The fraction of sp³-hybridized carbons (Fsp3) is 0.500. The van der Waals surface area contributed by atoms with Crippen LogP contribution in [-0.2, 0) is 4.74 Å². The highest BCUT2D eigenvalue weighted by atomic mass is 19.3. The van der Waals surface area contributed by atoms with Crippen LogP contribution in [0, 0.1) is 0 Å². The van der Waals surface area contributed by atoms with Crippen LogP contribution >= 0.6 is 0 Å². The molecule has 1 aromatic heterocycles. The van der Waals surface area contributed by atoms with E-state index in [1.165, 1.54) is 0 Å². The predicted molar refractivity (Wildman–Crippen MR) is 59.1 cm³/mol. The lowest BCUT2D eigenvalue weighted by Gasteiger charge is -2.08. The molecule has 0 atom stereocenters. The molecule has 0 aliphatic rings. The first-order valence-corrected chi connectivity index (χ1v) is 4.96. The van der Waals surface area contributed by atoms with Crippen molar-refractivity contribution in [1.29, 1.82) is 0 Å². The predicted octanol–water partition coefficient (Wildman–Crippen LogP) is 1.82. The second-order valence-corrected chi connectivity index (χ2v) is 3.07. The molecule has 2 N–H and O–H groups in total. The Morgan fingerprint density at radius 1 is 1.50 bits per heavy atom. The van der Waals surface area contributed by atoms with Crippen LogP contribution in [0.2, 0.25) is 0 Å².